The molecule has 1 aromatic heterocycles. The van der Waals surface area contributed by atoms with E-state index >= 15 is 0 Å². The lowest BCUT2D eigenvalue weighted by Crippen LogP contribution is -2.30. The molecule has 0 spiro atoms. The predicted octanol–water partition coefficient (Wildman–Crippen LogP) is 3.89. The largest absolute Gasteiger partial charge is 0.366 e. The van der Waals surface area contributed by atoms with Gasteiger partial charge in [0, 0.05) is 30.9 Å². The lowest BCUT2D eigenvalue weighted by molar-refractivity contribution is -0.384. The molecule has 0 aliphatic carbocycles. The van der Waals surface area contributed by atoms with Gasteiger partial charge in [-0.2, -0.15) is 0 Å². The highest BCUT2D eigenvalue weighted by atomic mass is 35.5. The zero-order chi connectivity index (χ0) is 17.8. The van der Waals surface area contributed by atoms with E-state index in [9.17, 15) is 14.9 Å². The van der Waals surface area contributed by atoms with Crippen molar-refractivity contribution in [3.05, 3.63) is 57.4 Å². The van der Waals surface area contributed by atoms with Crippen molar-refractivity contribution in [3.63, 3.8) is 0 Å². The van der Waals surface area contributed by atoms with Gasteiger partial charge in [0.25, 0.3) is 11.6 Å². The third-order valence-electron chi connectivity index (χ3n) is 4.14. The Balaban J connectivity index is 1.87. The fourth-order valence-electron chi connectivity index (χ4n) is 2.89. The van der Waals surface area contributed by atoms with Crippen molar-refractivity contribution >= 4 is 34.6 Å². The maximum absolute atomic E-state index is 12.4. The topological polar surface area (TPSA) is 88.4 Å². The van der Waals surface area contributed by atoms with Gasteiger partial charge in [-0.05, 0) is 43.5 Å². The molecule has 1 aromatic carbocycles. The Morgan fingerprint density at radius 2 is 2.00 bits per heavy atom. The number of nitro groups is 1. The zero-order valence-electron chi connectivity index (χ0n) is 13.4. The highest BCUT2D eigenvalue weighted by Crippen LogP contribution is 2.31. The molecule has 0 atom stereocenters. The van der Waals surface area contributed by atoms with Crippen LogP contribution in [0.4, 0.5) is 17.1 Å². The Bertz CT molecular complexity index is 806. The Labute approximate surface area is 149 Å². The number of hydrogen-bond donors (Lipinski definition) is 1. The lowest BCUT2D eigenvalue weighted by atomic mass is 10.1. The number of nitro benzene ring substituents is 1. The van der Waals surface area contributed by atoms with Gasteiger partial charge in [-0.25, -0.2) is 4.98 Å². The van der Waals surface area contributed by atoms with Crippen molar-refractivity contribution in [2.45, 2.75) is 19.3 Å². The van der Waals surface area contributed by atoms with Crippen LogP contribution < -0.4 is 10.2 Å². The number of halogens is 1. The van der Waals surface area contributed by atoms with Crippen LogP contribution in [0.1, 0.15) is 29.6 Å². The van der Waals surface area contributed by atoms with Gasteiger partial charge >= 0.3 is 0 Å². The summed E-state index contributed by atoms with van der Waals surface area (Å²) in [5.74, 6) is -0.469. The Morgan fingerprint density at radius 3 is 2.68 bits per heavy atom. The molecule has 8 heteroatoms. The number of carbonyl (C=O) groups is 1. The number of nitrogens with one attached hydrogen (secondary N) is 1. The summed E-state index contributed by atoms with van der Waals surface area (Å²) in [5.41, 5.74) is 1.05. The highest BCUT2D eigenvalue weighted by molar-refractivity contribution is 6.32. The molecule has 0 unspecified atom stereocenters. The second kappa shape index (κ2) is 7.48. The number of pyridine rings is 1. The normalized spacial score (nSPS) is 14.2. The van der Waals surface area contributed by atoms with E-state index in [2.05, 4.69) is 10.3 Å². The third kappa shape index (κ3) is 3.88. The molecule has 130 valence electrons. The Kier molecular flexibility index (Phi) is 5.14. The summed E-state index contributed by atoms with van der Waals surface area (Å²) in [6, 6.07) is 7.80. The molecular weight excluding hydrogens is 344 g/mol. The Morgan fingerprint density at radius 1 is 1.24 bits per heavy atom. The number of aromatic nitrogens is 1. The number of piperidine rings is 1. The first-order valence-corrected chi connectivity index (χ1v) is 8.39. The van der Waals surface area contributed by atoms with E-state index < -0.39 is 10.8 Å². The van der Waals surface area contributed by atoms with Gasteiger partial charge in [-0.3, -0.25) is 14.9 Å². The molecule has 2 aromatic rings. The van der Waals surface area contributed by atoms with Crippen molar-refractivity contribution in [1.82, 2.24) is 4.98 Å². The van der Waals surface area contributed by atoms with Crippen molar-refractivity contribution in [2.24, 2.45) is 0 Å². The molecular formula is C17H17ClN4O3. The third-order valence-corrected chi connectivity index (χ3v) is 4.44. The number of nitrogens with zero attached hydrogens (tertiary/aromatic N) is 3. The average molecular weight is 361 g/mol. The van der Waals surface area contributed by atoms with Crippen LogP contribution in [0.15, 0.2) is 36.5 Å². The SMILES string of the molecule is O=C(Nc1cccnc1Cl)c1ccc(N2CCCCC2)c([N+](=O)[O-])c1. The van der Waals surface area contributed by atoms with Crippen molar-refractivity contribution in [3.8, 4) is 0 Å². The number of benzene rings is 1. The molecule has 1 N–H and O–H groups in total. The minimum atomic E-state index is -0.469. The van der Waals surface area contributed by atoms with Gasteiger partial charge in [0.1, 0.15) is 5.69 Å². The van der Waals surface area contributed by atoms with Crippen LogP contribution in [0.5, 0.6) is 0 Å². The quantitative estimate of drug-likeness (QED) is 0.507. The molecule has 25 heavy (non-hydrogen) atoms. The molecule has 0 radical (unpaired) electrons. The minimum absolute atomic E-state index is 0.0631. The van der Waals surface area contributed by atoms with Gasteiger partial charge in [-0.1, -0.05) is 11.6 Å². The summed E-state index contributed by atoms with van der Waals surface area (Å²) < 4.78 is 0. The summed E-state index contributed by atoms with van der Waals surface area (Å²) in [6.45, 7) is 1.58. The van der Waals surface area contributed by atoms with Gasteiger partial charge in [-0.15, -0.1) is 0 Å². The summed E-state index contributed by atoms with van der Waals surface area (Å²) in [4.78, 5) is 29.3. The standard InChI is InChI=1S/C17H17ClN4O3/c18-16-13(5-4-8-19-16)20-17(23)12-6-7-14(15(11-12)22(24)25)21-9-2-1-3-10-21/h4-8,11H,1-3,9-10H2,(H,20,23). The predicted molar refractivity (Wildman–Crippen MR) is 96.4 cm³/mol. The maximum atomic E-state index is 12.4. The van der Waals surface area contributed by atoms with Crippen molar-refractivity contribution < 1.29 is 9.72 Å². The van der Waals surface area contributed by atoms with E-state index in [1.807, 2.05) is 4.90 Å². The van der Waals surface area contributed by atoms with Gasteiger partial charge in [0.15, 0.2) is 5.15 Å². The van der Waals surface area contributed by atoms with Crippen LogP contribution in [0.2, 0.25) is 5.15 Å². The molecule has 1 saturated heterocycles. The number of rotatable bonds is 4. The van der Waals surface area contributed by atoms with E-state index in [0.717, 1.165) is 32.4 Å². The molecule has 2 heterocycles. The van der Waals surface area contributed by atoms with E-state index in [1.54, 1.807) is 24.3 Å². The van der Waals surface area contributed by atoms with Gasteiger partial charge in [0.05, 0.1) is 10.6 Å². The molecule has 1 aliphatic heterocycles. The number of anilines is 2. The van der Waals surface area contributed by atoms with Crippen LogP contribution in [0.3, 0.4) is 0 Å². The summed E-state index contributed by atoms with van der Waals surface area (Å²) in [7, 11) is 0. The van der Waals surface area contributed by atoms with Gasteiger partial charge < -0.3 is 10.2 Å². The second-order valence-corrected chi connectivity index (χ2v) is 6.16. The zero-order valence-corrected chi connectivity index (χ0v) is 14.2. The first-order chi connectivity index (χ1) is 12.1. The highest BCUT2D eigenvalue weighted by Gasteiger charge is 2.23. The smallest absolute Gasteiger partial charge is 0.293 e. The molecule has 0 bridgehead atoms. The average Bonchev–Trinajstić information content (AvgIpc) is 2.63. The molecule has 1 aliphatic rings. The molecule has 0 saturated carbocycles. The molecule has 3 rings (SSSR count). The number of carbonyl (C=O) groups excluding carboxylic acids is 1. The van der Waals surface area contributed by atoms with E-state index in [-0.39, 0.29) is 16.4 Å². The Hall–Kier alpha value is -2.67. The lowest BCUT2D eigenvalue weighted by Gasteiger charge is -2.28. The molecule has 7 nitrogen and oxygen atoms in total. The van der Waals surface area contributed by atoms with Crippen molar-refractivity contribution in [2.75, 3.05) is 23.3 Å². The van der Waals surface area contributed by atoms with Gasteiger partial charge in [0.2, 0.25) is 0 Å². The van der Waals surface area contributed by atoms with Crippen LogP contribution >= 0.6 is 11.6 Å². The van der Waals surface area contributed by atoms with Crippen LogP contribution in [-0.2, 0) is 0 Å². The fourth-order valence-corrected chi connectivity index (χ4v) is 3.05. The van der Waals surface area contributed by atoms with Crippen LogP contribution in [0.25, 0.3) is 0 Å². The minimum Gasteiger partial charge on any atom is -0.366 e. The van der Waals surface area contributed by atoms with E-state index in [1.165, 1.54) is 12.3 Å². The monoisotopic (exact) mass is 360 g/mol. The van der Waals surface area contributed by atoms with Crippen LogP contribution in [0, 0.1) is 10.1 Å². The summed E-state index contributed by atoms with van der Waals surface area (Å²) >= 11 is 5.92. The second-order valence-electron chi connectivity index (χ2n) is 5.80. The maximum Gasteiger partial charge on any atom is 0.293 e. The number of amides is 1. The van der Waals surface area contributed by atoms with E-state index in [0.29, 0.717) is 11.4 Å². The van der Waals surface area contributed by atoms with E-state index in [4.69, 9.17) is 11.6 Å². The fraction of sp³-hybridized carbons (Fsp3) is 0.294. The summed E-state index contributed by atoms with van der Waals surface area (Å²) in [6.07, 6.45) is 4.67. The van der Waals surface area contributed by atoms with Crippen molar-refractivity contribution in [1.29, 1.82) is 0 Å². The first kappa shape index (κ1) is 17.2. The molecule has 1 fully saturated rings. The molecule has 1 amide bonds. The van der Waals surface area contributed by atoms with Crippen LogP contribution in [-0.4, -0.2) is 28.9 Å². The summed E-state index contributed by atoms with van der Waals surface area (Å²) in [5, 5.41) is 14.3. The first-order valence-electron chi connectivity index (χ1n) is 8.01. The number of hydrogen-bond acceptors (Lipinski definition) is 5.